The minimum atomic E-state index is -0.742. The fourth-order valence-electron chi connectivity index (χ4n) is 2.71. The Morgan fingerprint density at radius 3 is 2.68 bits per heavy atom. The summed E-state index contributed by atoms with van der Waals surface area (Å²) in [5.41, 5.74) is 1.73. The summed E-state index contributed by atoms with van der Waals surface area (Å²) in [5, 5.41) is 11.9. The Morgan fingerprint density at radius 1 is 1.20 bits per heavy atom. The maximum absolute atomic E-state index is 12.7. The molecule has 1 heterocycles. The van der Waals surface area contributed by atoms with Crippen molar-refractivity contribution in [1.29, 1.82) is 5.26 Å². The average Bonchev–Trinajstić information content (AvgIpc) is 2.64. The van der Waals surface area contributed by atoms with Crippen LogP contribution in [0.2, 0.25) is 0 Å². The van der Waals surface area contributed by atoms with Gasteiger partial charge in [0.1, 0.15) is 18.7 Å². The van der Waals surface area contributed by atoms with Crippen LogP contribution in [-0.2, 0) is 20.9 Å². The molecule has 25 heavy (non-hydrogen) atoms. The van der Waals surface area contributed by atoms with Crippen molar-refractivity contribution in [3.63, 3.8) is 0 Å². The Hall–Kier alpha value is -3.17. The topological polar surface area (TPSA) is 82.4 Å². The highest BCUT2D eigenvalue weighted by Crippen LogP contribution is 2.18. The van der Waals surface area contributed by atoms with E-state index in [1.54, 1.807) is 24.3 Å². The molecule has 2 aromatic rings. The number of amides is 2. The van der Waals surface area contributed by atoms with Gasteiger partial charge in [-0.1, -0.05) is 42.5 Å². The van der Waals surface area contributed by atoms with Crippen molar-refractivity contribution in [2.24, 2.45) is 0 Å². The van der Waals surface area contributed by atoms with Gasteiger partial charge in [0, 0.05) is 6.54 Å². The number of anilines is 1. The Bertz CT molecular complexity index is 814. The first kappa shape index (κ1) is 16.7. The first-order valence-corrected chi connectivity index (χ1v) is 7.90. The third kappa shape index (κ3) is 3.84. The second kappa shape index (κ2) is 7.60. The highest BCUT2D eigenvalue weighted by Gasteiger charge is 2.34. The zero-order valence-corrected chi connectivity index (χ0v) is 13.5. The molecule has 1 N–H and O–H groups in total. The van der Waals surface area contributed by atoms with Gasteiger partial charge in [-0.05, 0) is 17.7 Å². The molecule has 6 heteroatoms. The lowest BCUT2D eigenvalue weighted by atomic mass is 10.1. The summed E-state index contributed by atoms with van der Waals surface area (Å²) in [4.78, 5) is 26.5. The average molecular weight is 335 g/mol. The zero-order valence-electron chi connectivity index (χ0n) is 13.5. The lowest BCUT2D eigenvalue weighted by Gasteiger charge is -2.34. The van der Waals surface area contributed by atoms with Crippen LogP contribution in [0.4, 0.5) is 5.69 Å². The predicted octanol–water partition coefficient (Wildman–Crippen LogP) is 1.92. The van der Waals surface area contributed by atoms with Crippen molar-refractivity contribution in [3.8, 4) is 6.07 Å². The van der Waals surface area contributed by atoms with Gasteiger partial charge < -0.3 is 15.0 Å². The van der Waals surface area contributed by atoms with Crippen LogP contribution in [0.5, 0.6) is 0 Å². The lowest BCUT2D eigenvalue weighted by molar-refractivity contribution is -0.154. The number of nitrogens with zero attached hydrogens (tertiary/aromatic N) is 2. The smallest absolute Gasteiger partial charge is 0.249 e. The van der Waals surface area contributed by atoms with Crippen molar-refractivity contribution in [1.82, 2.24) is 4.90 Å². The molecule has 6 nitrogen and oxygen atoms in total. The van der Waals surface area contributed by atoms with E-state index in [1.807, 2.05) is 36.4 Å². The molecular formula is C19H17N3O3. The summed E-state index contributed by atoms with van der Waals surface area (Å²) in [7, 11) is 0. The van der Waals surface area contributed by atoms with Crippen LogP contribution in [0.25, 0.3) is 0 Å². The molecule has 0 saturated carbocycles. The van der Waals surface area contributed by atoms with Gasteiger partial charge in [-0.25, -0.2) is 0 Å². The van der Waals surface area contributed by atoms with Gasteiger partial charge in [0.2, 0.25) is 11.8 Å². The Balaban J connectivity index is 1.79. The quantitative estimate of drug-likeness (QED) is 0.925. The van der Waals surface area contributed by atoms with Crippen molar-refractivity contribution >= 4 is 17.5 Å². The number of benzene rings is 2. The maximum Gasteiger partial charge on any atom is 0.249 e. The van der Waals surface area contributed by atoms with Gasteiger partial charge in [-0.2, -0.15) is 5.26 Å². The molecule has 2 aromatic carbocycles. The van der Waals surface area contributed by atoms with E-state index in [0.717, 1.165) is 5.56 Å². The van der Waals surface area contributed by atoms with Gasteiger partial charge in [-0.3, -0.25) is 9.59 Å². The second-order valence-electron chi connectivity index (χ2n) is 5.68. The van der Waals surface area contributed by atoms with Crippen LogP contribution in [0.3, 0.4) is 0 Å². The number of nitrogens with one attached hydrogen (secondary N) is 1. The first-order chi connectivity index (χ1) is 12.2. The highest BCUT2D eigenvalue weighted by atomic mass is 16.5. The SMILES string of the molecule is N#Cc1ccccc1NC(=O)[C@@H]1COCC(=O)N1Cc1ccccc1. The Kier molecular flexibility index (Phi) is 5.07. The summed E-state index contributed by atoms with van der Waals surface area (Å²) < 4.78 is 5.26. The van der Waals surface area contributed by atoms with E-state index in [2.05, 4.69) is 5.32 Å². The van der Waals surface area contributed by atoms with Crippen molar-refractivity contribution in [3.05, 3.63) is 65.7 Å². The first-order valence-electron chi connectivity index (χ1n) is 7.90. The third-order valence-electron chi connectivity index (χ3n) is 4.00. The van der Waals surface area contributed by atoms with Gasteiger partial charge >= 0.3 is 0 Å². The molecule has 0 unspecified atom stereocenters. The minimum absolute atomic E-state index is 0.0363. The molecule has 1 fully saturated rings. The fraction of sp³-hybridized carbons (Fsp3) is 0.211. The monoisotopic (exact) mass is 335 g/mol. The molecule has 1 aliphatic rings. The van der Waals surface area contributed by atoms with E-state index in [0.29, 0.717) is 17.8 Å². The fourth-order valence-corrected chi connectivity index (χ4v) is 2.71. The van der Waals surface area contributed by atoms with Crippen LogP contribution < -0.4 is 5.32 Å². The number of ether oxygens (including phenoxy) is 1. The summed E-state index contributed by atoms with van der Waals surface area (Å²) in [6.07, 6.45) is 0. The second-order valence-corrected chi connectivity index (χ2v) is 5.68. The normalized spacial score (nSPS) is 17.0. The van der Waals surface area contributed by atoms with Gasteiger partial charge in [-0.15, -0.1) is 0 Å². The van der Waals surface area contributed by atoms with Crippen molar-refractivity contribution in [2.45, 2.75) is 12.6 Å². The van der Waals surface area contributed by atoms with E-state index in [9.17, 15) is 9.59 Å². The number of carbonyl (C=O) groups excluding carboxylic acids is 2. The number of nitriles is 1. The van der Waals surface area contributed by atoms with Crippen LogP contribution in [0, 0.1) is 11.3 Å². The van der Waals surface area contributed by atoms with E-state index in [-0.39, 0.29) is 25.0 Å². The van der Waals surface area contributed by atoms with Crippen molar-refractivity contribution in [2.75, 3.05) is 18.5 Å². The summed E-state index contributed by atoms with van der Waals surface area (Å²) >= 11 is 0. The number of hydrogen-bond acceptors (Lipinski definition) is 4. The van der Waals surface area contributed by atoms with E-state index >= 15 is 0 Å². The molecule has 126 valence electrons. The van der Waals surface area contributed by atoms with Crippen LogP contribution in [0.15, 0.2) is 54.6 Å². The number of hydrogen-bond donors (Lipinski definition) is 1. The molecule has 1 saturated heterocycles. The largest absolute Gasteiger partial charge is 0.369 e. The zero-order chi connectivity index (χ0) is 17.6. The number of rotatable bonds is 4. The van der Waals surface area contributed by atoms with Crippen LogP contribution >= 0.6 is 0 Å². The van der Waals surface area contributed by atoms with Crippen LogP contribution in [-0.4, -0.2) is 36.0 Å². The molecule has 0 aliphatic carbocycles. The molecule has 0 bridgehead atoms. The minimum Gasteiger partial charge on any atom is -0.369 e. The van der Waals surface area contributed by atoms with Gasteiger partial charge in [0.15, 0.2) is 0 Å². The predicted molar refractivity (Wildman–Crippen MR) is 91.4 cm³/mol. The summed E-state index contributed by atoms with van der Waals surface area (Å²) in [6.45, 7) is 0.422. The molecule has 1 atom stereocenters. The summed E-state index contributed by atoms with van der Waals surface area (Å²) in [5.74, 6) is -0.601. The molecule has 0 radical (unpaired) electrons. The number of carbonyl (C=O) groups is 2. The van der Waals surface area contributed by atoms with Crippen molar-refractivity contribution < 1.29 is 14.3 Å². The van der Waals surface area contributed by atoms with E-state index < -0.39 is 6.04 Å². The molecule has 2 amide bonds. The van der Waals surface area contributed by atoms with E-state index in [1.165, 1.54) is 4.90 Å². The molecule has 1 aliphatic heterocycles. The number of morpholine rings is 1. The number of para-hydroxylation sites is 1. The molecular weight excluding hydrogens is 318 g/mol. The lowest BCUT2D eigenvalue weighted by Crippen LogP contribution is -2.54. The Morgan fingerprint density at radius 2 is 1.92 bits per heavy atom. The van der Waals surface area contributed by atoms with E-state index in [4.69, 9.17) is 10.00 Å². The third-order valence-corrected chi connectivity index (χ3v) is 4.00. The Labute approximate surface area is 145 Å². The highest BCUT2D eigenvalue weighted by molar-refractivity contribution is 5.98. The standard InChI is InChI=1S/C19H17N3O3/c20-10-15-8-4-5-9-16(15)21-19(24)17-12-25-13-18(23)22(17)11-14-6-2-1-3-7-14/h1-9,17H,11-13H2,(H,21,24)/t17-/m0/s1. The molecule has 3 rings (SSSR count). The molecule has 0 aromatic heterocycles. The van der Waals surface area contributed by atoms with Gasteiger partial charge in [0.05, 0.1) is 17.9 Å². The van der Waals surface area contributed by atoms with Crippen LogP contribution in [0.1, 0.15) is 11.1 Å². The summed E-state index contributed by atoms with van der Waals surface area (Å²) in [6, 6.07) is 17.5. The molecule has 0 spiro atoms. The maximum atomic E-state index is 12.7. The van der Waals surface area contributed by atoms with Gasteiger partial charge in [0.25, 0.3) is 0 Å².